The molecule has 0 saturated heterocycles. The van der Waals surface area contributed by atoms with Crippen LogP contribution in [0.1, 0.15) is 26.3 Å². The summed E-state index contributed by atoms with van der Waals surface area (Å²) >= 11 is 8.51. The first-order chi connectivity index (χ1) is 15.9. The van der Waals surface area contributed by atoms with Gasteiger partial charge in [-0.25, -0.2) is 0 Å². The summed E-state index contributed by atoms with van der Waals surface area (Å²) in [6.45, 7) is 2.50. The van der Waals surface area contributed by atoms with Gasteiger partial charge in [-0.2, -0.15) is 0 Å². The maximum Gasteiger partial charge on any atom is 0.269 e. The lowest BCUT2D eigenvalue weighted by Gasteiger charge is -2.14. The van der Waals surface area contributed by atoms with E-state index in [1.54, 1.807) is 36.4 Å². The Morgan fingerprint density at radius 2 is 1.58 bits per heavy atom. The molecular weight excluding hydrogens is 506 g/mol. The third kappa shape index (κ3) is 7.30. The fraction of sp³-hybridized carbons (Fsp3) is 0.125. The molecule has 0 radical (unpaired) electrons. The molecule has 3 aromatic carbocycles. The average molecular weight is 528 g/mol. The molecule has 7 nitrogen and oxygen atoms in total. The zero-order valence-corrected chi connectivity index (χ0v) is 20.2. The number of benzene rings is 3. The van der Waals surface area contributed by atoms with E-state index in [0.717, 1.165) is 15.8 Å². The van der Waals surface area contributed by atoms with Crippen LogP contribution in [0.5, 0.6) is 11.5 Å². The third-order valence-electron chi connectivity index (χ3n) is 4.44. The summed E-state index contributed by atoms with van der Waals surface area (Å²) < 4.78 is 12.1. The molecule has 9 heteroatoms. The molecule has 2 amide bonds. The quantitative estimate of drug-likeness (QED) is 0.243. The number of rotatable bonds is 7. The van der Waals surface area contributed by atoms with Gasteiger partial charge in [0.05, 0.1) is 5.56 Å². The van der Waals surface area contributed by atoms with Crippen LogP contribution in [0.15, 0.2) is 77.3 Å². The van der Waals surface area contributed by atoms with Gasteiger partial charge < -0.3 is 9.47 Å². The number of aryl methyl sites for hydroxylation is 1. The molecule has 0 bridgehead atoms. The van der Waals surface area contributed by atoms with Crippen molar-refractivity contribution in [3.8, 4) is 11.5 Å². The zero-order chi connectivity index (χ0) is 23.6. The summed E-state index contributed by atoms with van der Waals surface area (Å²) in [5, 5.41) is 2.47. The van der Waals surface area contributed by atoms with Gasteiger partial charge in [0.2, 0.25) is 0 Å². The fourth-order valence-corrected chi connectivity index (χ4v) is 3.25. The average Bonchev–Trinajstić information content (AvgIpc) is 2.83. The SMILES string of the molecule is Cc1ccc(C(=O)NNC(=S)NC(=O)c2ccccc2OCCOc2ccccc2)cc1Br. The van der Waals surface area contributed by atoms with Crippen LogP contribution < -0.4 is 25.6 Å². The number of amides is 2. The summed E-state index contributed by atoms with van der Waals surface area (Å²) in [4.78, 5) is 24.9. The first kappa shape index (κ1) is 24.2. The molecule has 3 aromatic rings. The largest absolute Gasteiger partial charge is 0.490 e. The summed E-state index contributed by atoms with van der Waals surface area (Å²) in [5.74, 6) is 0.264. The number of ether oxygens (including phenoxy) is 2. The van der Waals surface area contributed by atoms with Gasteiger partial charge in [0, 0.05) is 10.0 Å². The monoisotopic (exact) mass is 527 g/mol. The molecule has 0 spiro atoms. The van der Waals surface area contributed by atoms with Crippen molar-refractivity contribution in [3.63, 3.8) is 0 Å². The minimum atomic E-state index is -0.473. The number of halogens is 1. The Morgan fingerprint density at radius 1 is 0.879 bits per heavy atom. The normalized spacial score (nSPS) is 10.1. The minimum absolute atomic E-state index is 0.0539. The number of carbonyl (C=O) groups excluding carboxylic acids is 2. The number of hydrazine groups is 1. The predicted molar refractivity (Wildman–Crippen MR) is 133 cm³/mol. The highest BCUT2D eigenvalue weighted by molar-refractivity contribution is 9.10. The number of para-hydroxylation sites is 2. The Bertz CT molecular complexity index is 1140. The van der Waals surface area contributed by atoms with Crippen LogP contribution >= 0.6 is 28.1 Å². The highest BCUT2D eigenvalue weighted by Gasteiger charge is 2.14. The second-order valence-corrected chi connectivity index (χ2v) is 8.10. The van der Waals surface area contributed by atoms with Crippen LogP contribution in [0.4, 0.5) is 0 Å². The van der Waals surface area contributed by atoms with E-state index in [0.29, 0.717) is 23.5 Å². The Labute approximate surface area is 205 Å². The molecule has 0 aliphatic heterocycles. The highest BCUT2D eigenvalue weighted by Crippen LogP contribution is 2.18. The van der Waals surface area contributed by atoms with Crippen molar-refractivity contribution in [2.24, 2.45) is 0 Å². The van der Waals surface area contributed by atoms with Crippen LogP contribution in [0, 0.1) is 6.92 Å². The zero-order valence-electron chi connectivity index (χ0n) is 17.8. The molecule has 0 saturated carbocycles. The van der Waals surface area contributed by atoms with Crippen LogP contribution in [-0.4, -0.2) is 30.1 Å². The fourth-order valence-electron chi connectivity index (χ4n) is 2.73. The van der Waals surface area contributed by atoms with Crippen LogP contribution in [0.3, 0.4) is 0 Å². The summed E-state index contributed by atoms with van der Waals surface area (Å²) in [5.41, 5.74) is 6.74. The molecular formula is C24H22BrN3O4S. The van der Waals surface area contributed by atoms with Gasteiger partial charge in [0.15, 0.2) is 5.11 Å². The molecule has 170 valence electrons. The topological polar surface area (TPSA) is 88.7 Å². The molecule has 0 heterocycles. The predicted octanol–water partition coefficient (Wildman–Crippen LogP) is 4.16. The number of thiocarbonyl (C=S) groups is 1. The van der Waals surface area contributed by atoms with Crippen molar-refractivity contribution in [1.82, 2.24) is 16.2 Å². The van der Waals surface area contributed by atoms with E-state index in [2.05, 4.69) is 32.1 Å². The van der Waals surface area contributed by atoms with Gasteiger partial charge in [0.25, 0.3) is 11.8 Å². The Balaban J connectivity index is 1.49. The number of hydrogen-bond donors (Lipinski definition) is 3. The van der Waals surface area contributed by atoms with Gasteiger partial charge in [-0.3, -0.25) is 25.8 Å². The summed E-state index contributed by atoms with van der Waals surface area (Å²) in [7, 11) is 0. The Morgan fingerprint density at radius 3 is 2.33 bits per heavy atom. The van der Waals surface area contributed by atoms with Crippen molar-refractivity contribution in [1.29, 1.82) is 0 Å². The summed E-state index contributed by atoms with van der Waals surface area (Å²) in [6, 6.07) is 21.4. The van der Waals surface area contributed by atoms with E-state index in [-0.39, 0.29) is 11.7 Å². The smallest absolute Gasteiger partial charge is 0.269 e. The van der Waals surface area contributed by atoms with Crippen molar-refractivity contribution in [2.45, 2.75) is 6.92 Å². The van der Waals surface area contributed by atoms with E-state index in [9.17, 15) is 9.59 Å². The third-order valence-corrected chi connectivity index (χ3v) is 5.49. The van der Waals surface area contributed by atoms with Crippen LogP contribution in [0.2, 0.25) is 0 Å². The number of nitrogens with one attached hydrogen (secondary N) is 3. The van der Waals surface area contributed by atoms with Gasteiger partial charge in [-0.05, 0) is 61.1 Å². The Kier molecular flexibility index (Phi) is 8.79. The highest BCUT2D eigenvalue weighted by atomic mass is 79.9. The lowest BCUT2D eigenvalue weighted by molar-refractivity contribution is 0.0933. The van der Waals surface area contributed by atoms with E-state index in [1.165, 1.54) is 0 Å². The first-order valence-electron chi connectivity index (χ1n) is 10.0. The van der Waals surface area contributed by atoms with E-state index in [4.69, 9.17) is 21.7 Å². The van der Waals surface area contributed by atoms with Gasteiger partial charge in [-0.15, -0.1) is 0 Å². The molecule has 33 heavy (non-hydrogen) atoms. The minimum Gasteiger partial charge on any atom is -0.490 e. The molecule has 3 N–H and O–H groups in total. The molecule has 3 rings (SSSR count). The first-order valence-corrected chi connectivity index (χ1v) is 11.2. The van der Waals surface area contributed by atoms with Crippen molar-refractivity contribution < 1.29 is 19.1 Å². The van der Waals surface area contributed by atoms with Crippen molar-refractivity contribution in [3.05, 3.63) is 94.0 Å². The molecule has 0 fully saturated rings. The van der Waals surface area contributed by atoms with Crippen LogP contribution in [0.25, 0.3) is 0 Å². The van der Waals surface area contributed by atoms with Crippen molar-refractivity contribution >= 4 is 45.1 Å². The van der Waals surface area contributed by atoms with Crippen LogP contribution in [-0.2, 0) is 0 Å². The second-order valence-electron chi connectivity index (χ2n) is 6.83. The van der Waals surface area contributed by atoms with Gasteiger partial charge >= 0.3 is 0 Å². The number of hydrogen-bond acceptors (Lipinski definition) is 5. The maximum atomic E-state index is 12.7. The molecule has 0 aliphatic carbocycles. The van der Waals surface area contributed by atoms with E-state index >= 15 is 0 Å². The summed E-state index contributed by atoms with van der Waals surface area (Å²) in [6.07, 6.45) is 0. The van der Waals surface area contributed by atoms with E-state index < -0.39 is 11.8 Å². The lowest BCUT2D eigenvalue weighted by atomic mass is 10.1. The molecule has 0 atom stereocenters. The van der Waals surface area contributed by atoms with Gasteiger partial charge in [0.1, 0.15) is 24.7 Å². The van der Waals surface area contributed by atoms with E-state index in [1.807, 2.05) is 43.3 Å². The standard InChI is InChI=1S/C24H22BrN3O4S/c1-16-11-12-17(15-20(16)25)22(29)27-28-24(33)26-23(30)19-9-5-6-10-21(19)32-14-13-31-18-7-3-2-4-8-18/h2-12,15H,13-14H2,1H3,(H,27,29)(H2,26,28,30,33). The van der Waals surface area contributed by atoms with Crippen molar-refractivity contribution in [2.75, 3.05) is 13.2 Å². The second kappa shape index (κ2) is 12.0. The lowest BCUT2D eigenvalue weighted by Crippen LogP contribution is -2.48. The molecule has 0 unspecified atom stereocenters. The molecule has 0 aromatic heterocycles. The molecule has 0 aliphatic rings. The Hall–Kier alpha value is -3.43. The van der Waals surface area contributed by atoms with Gasteiger partial charge in [-0.1, -0.05) is 52.3 Å². The maximum absolute atomic E-state index is 12.7. The number of carbonyl (C=O) groups is 2.